The Hall–Kier alpha value is -2.58. The molecular formula is C21H16Cl3N3O3S. The van der Waals surface area contributed by atoms with Crippen molar-refractivity contribution in [2.75, 3.05) is 10.8 Å². The summed E-state index contributed by atoms with van der Waals surface area (Å²) in [6.45, 7) is -0.535. The first-order valence-electron chi connectivity index (χ1n) is 8.88. The number of para-hydroxylation sites is 1. The molecule has 0 aliphatic rings. The minimum atomic E-state index is -4.06. The van der Waals surface area contributed by atoms with Crippen LogP contribution in [0, 0.1) is 0 Å². The van der Waals surface area contributed by atoms with E-state index in [-0.39, 0.29) is 15.6 Å². The average Bonchev–Trinajstić information content (AvgIpc) is 2.75. The van der Waals surface area contributed by atoms with Gasteiger partial charge in [0.2, 0.25) is 0 Å². The number of carbonyl (C=O) groups is 1. The van der Waals surface area contributed by atoms with Gasteiger partial charge in [0.25, 0.3) is 15.9 Å². The Balaban J connectivity index is 1.84. The Morgan fingerprint density at radius 1 is 0.935 bits per heavy atom. The standard InChI is InChI=1S/C21H16Cl3N3O3S/c22-16-11-10-15(19(24)12-16)13-25-26-21(28)14-27(20-9-5-4-8-18(20)23)31(29,30)17-6-2-1-3-7-17/h1-13H,14H2,(H,26,28)/b25-13-. The van der Waals surface area contributed by atoms with Crippen LogP contribution in [0.15, 0.2) is 82.8 Å². The van der Waals surface area contributed by atoms with Gasteiger partial charge in [-0.15, -0.1) is 0 Å². The summed E-state index contributed by atoms with van der Waals surface area (Å²) in [4.78, 5) is 12.5. The van der Waals surface area contributed by atoms with Crippen LogP contribution in [0.2, 0.25) is 15.1 Å². The Labute approximate surface area is 195 Å². The Kier molecular flexibility index (Phi) is 7.56. The molecule has 0 atom stereocenters. The number of anilines is 1. The summed E-state index contributed by atoms with van der Waals surface area (Å²) < 4.78 is 27.4. The molecule has 3 rings (SSSR count). The summed E-state index contributed by atoms with van der Waals surface area (Å²) in [6.07, 6.45) is 1.34. The molecule has 1 amide bonds. The second-order valence-electron chi connectivity index (χ2n) is 6.24. The first kappa shape index (κ1) is 23.1. The first-order valence-corrected chi connectivity index (χ1v) is 11.5. The van der Waals surface area contributed by atoms with Crippen molar-refractivity contribution >= 4 is 62.6 Å². The number of hydrazone groups is 1. The summed E-state index contributed by atoms with van der Waals surface area (Å²) in [6, 6.07) is 18.9. The number of hydrogen-bond acceptors (Lipinski definition) is 4. The van der Waals surface area contributed by atoms with Crippen molar-refractivity contribution < 1.29 is 13.2 Å². The monoisotopic (exact) mass is 495 g/mol. The maximum atomic E-state index is 13.2. The van der Waals surface area contributed by atoms with Crippen LogP contribution in [-0.4, -0.2) is 27.1 Å². The van der Waals surface area contributed by atoms with E-state index in [0.717, 1.165) is 4.31 Å². The molecule has 10 heteroatoms. The number of benzene rings is 3. The van der Waals surface area contributed by atoms with Crippen LogP contribution in [0.4, 0.5) is 5.69 Å². The van der Waals surface area contributed by atoms with E-state index in [9.17, 15) is 13.2 Å². The largest absolute Gasteiger partial charge is 0.271 e. The lowest BCUT2D eigenvalue weighted by atomic mass is 10.2. The van der Waals surface area contributed by atoms with Gasteiger partial charge in [-0.25, -0.2) is 13.8 Å². The molecule has 0 aliphatic heterocycles. The van der Waals surface area contributed by atoms with Crippen LogP contribution in [-0.2, 0) is 14.8 Å². The number of nitrogens with zero attached hydrogens (tertiary/aromatic N) is 2. The number of rotatable bonds is 7. The highest BCUT2D eigenvalue weighted by atomic mass is 35.5. The normalized spacial score (nSPS) is 11.5. The number of hydrogen-bond donors (Lipinski definition) is 1. The summed E-state index contributed by atoms with van der Waals surface area (Å²) in [5, 5.41) is 4.86. The molecular weight excluding hydrogens is 481 g/mol. The van der Waals surface area contributed by atoms with Crippen LogP contribution >= 0.6 is 34.8 Å². The lowest BCUT2D eigenvalue weighted by molar-refractivity contribution is -0.119. The summed E-state index contributed by atoms with van der Waals surface area (Å²) >= 11 is 18.1. The Bertz CT molecular complexity index is 1220. The second kappa shape index (κ2) is 10.2. The van der Waals surface area contributed by atoms with E-state index >= 15 is 0 Å². The molecule has 0 radical (unpaired) electrons. The third-order valence-electron chi connectivity index (χ3n) is 4.09. The highest BCUT2D eigenvalue weighted by molar-refractivity contribution is 7.92. The molecule has 0 fully saturated rings. The molecule has 3 aromatic carbocycles. The molecule has 160 valence electrons. The van der Waals surface area contributed by atoms with Gasteiger partial charge in [-0.1, -0.05) is 71.2 Å². The lowest BCUT2D eigenvalue weighted by Gasteiger charge is -2.24. The van der Waals surface area contributed by atoms with Crippen LogP contribution in [0.5, 0.6) is 0 Å². The summed E-state index contributed by atoms with van der Waals surface area (Å²) in [7, 11) is -4.06. The van der Waals surface area contributed by atoms with Gasteiger partial charge in [0.15, 0.2) is 0 Å². The number of nitrogens with one attached hydrogen (secondary N) is 1. The van der Waals surface area contributed by atoms with Crippen molar-refractivity contribution in [1.82, 2.24) is 5.43 Å². The number of halogens is 3. The van der Waals surface area contributed by atoms with Gasteiger partial charge in [-0.3, -0.25) is 9.10 Å². The first-order chi connectivity index (χ1) is 14.8. The maximum absolute atomic E-state index is 13.2. The number of carbonyl (C=O) groups excluding carboxylic acids is 1. The van der Waals surface area contributed by atoms with Crippen LogP contribution in [0.3, 0.4) is 0 Å². The smallest absolute Gasteiger partial charge is 0.264 e. The average molecular weight is 497 g/mol. The van der Waals surface area contributed by atoms with Gasteiger partial charge in [0.1, 0.15) is 6.54 Å². The minimum absolute atomic E-state index is 0.0270. The molecule has 0 spiro atoms. The van der Waals surface area contributed by atoms with E-state index in [1.165, 1.54) is 30.5 Å². The molecule has 0 heterocycles. The molecule has 0 saturated heterocycles. The fourth-order valence-corrected chi connectivity index (χ4v) is 4.83. The molecule has 1 N–H and O–H groups in total. The van der Waals surface area contributed by atoms with Crippen LogP contribution < -0.4 is 9.73 Å². The third-order valence-corrected chi connectivity index (χ3v) is 6.75. The van der Waals surface area contributed by atoms with Crippen molar-refractivity contribution in [3.05, 3.63) is 93.4 Å². The number of sulfonamides is 1. The third kappa shape index (κ3) is 5.77. The van der Waals surface area contributed by atoms with E-state index < -0.39 is 22.5 Å². The topological polar surface area (TPSA) is 78.8 Å². The van der Waals surface area contributed by atoms with Gasteiger partial charge in [0, 0.05) is 10.6 Å². The zero-order valence-electron chi connectivity index (χ0n) is 15.9. The van der Waals surface area contributed by atoms with Gasteiger partial charge in [0.05, 0.1) is 26.8 Å². The van der Waals surface area contributed by atoms with E-state index in [4.69, 9.17) is 34.8 Å². The molecule has 31 heavy (non-hydrogen) atoms. The predicted octanol–water partition coefficient (Wildman–Crippen LogP) is 4.99. The van der Waals surface area contributed by atoms with Crippen molar-refractivity contribution in [2.24, 2.45) is 5.10 Å². The van der Waals surface area contributed by atoms with Crippen molar-refractivity contribution in [2.45, 2.75) is 4.90 Å². The lowest BCUT2D eigenvalue weighted by Crippen LogP contribution is -2.39. The van der Waals surface area contributed by atoms with Crippen molar-refractivity contribution in [1.29, 1.82) is 0 Å². The van der Waals surface area contributed by atoms with Gasteiger partial charge in [-0.2, -0.15) is 5.10 Å². The minimum Gasteiger partial charge on any atom is -0.271 e. The highest BCUT2D eigenvalue weighted by Crippen LogP contribution is 2.30. The van der Waals surface area contributed by atoms with E-state index in [2.05, 4.69) is 10.5 Å². The van der Waals surface area contributed by atoms with Gasteiger partial charge in [-0.05, 0) is 36.4 Å². The van der Waals surface area contributed by atoms with Crippen molar-refractivity contribution in [3.8, 4) is 0 Å². The van der Waals surface area contributed by atoms with E-state index in [1.807, 2.05) is 0 Å². The molecule has 6 nitrogen and oxygen atoms in total. The second-order valence-corrected chi connectivity index (χ2v) is 9.35. The highest BCUT2D eigenvalue weighted by Gasteiger charge is 2.28. The van der Waals surface area contributed by atoms with Crippen molar-refractivity contribution in [3.63, 3.8) is 0 Å². The van der Waals surface area contributed by atoms with Gasteiger partial charge < -0.3 is 0 Å². The fraction of sp³-hybridized carbons (Fsp3) is 0.0476. The summed E-state index contributed by atoms with van der Waals surface area (Å²) in [5.74, 6) is -0.666. The molecule has 0 unspecified atom stereocenters. The summed E-state index contributed by atoms with van der Waals surface area (Å²) in [5.41, 5.74) is 3.01. The van der Waals surface area contributed by atoms with E-state index in [1.54, 1.807) is 48.5 Å². The van der Waals surface area contributed by atoms with Crippen LogP contribution in [0.25, 0.3) is 0 Å². The molecule has 0 aromatic heterocycles. The Morgan fingerprint density at radius 3 is 2.29 bits per heavy atom. The zero-order chi connectivity index (χ0) is 22.4. The Morgan fingerprint density at radius 2 is 1.61 bits per heavy atom. The van der Waals surface area contributed by atoms with Crippen LogP contribution in [0.1, 0.15) is 5.56 Å². The SMILES string of the molecule is O=C(CN(c1ccccc1Cl)S(=O)(=O)c1ccccc1)N/N=C\c1ccc(Cl)cc1Cl. The van der Waals surface area contributed by atoms with Gasteiger partial charge >= 0.3 is 0 Å². The molecule has 3 aromatic rings. The quantitative estimate of drug-likeness (QED) is 0.370. The predicted molar refractivity (Wildman–Crippen MR) is 125 cm³/mol. The molecule has 0 saturated carbocycles. The molecule has 0 aliphatic carbocycles. The number of amides is 1. The molecule has 0 bridgehead atoms. The fourth-order valence-electron chi connectivity index (χ4n) is 2.62. The van der Waals surface area contributed by atoms with E-state index in [0.29, 0.717) is 15.6 Å². The zero-order valence-corrected chi connectivity index (χ0v) is 19.0. The maximum Gasteiger partial charge on any atom is 0.264 e.